The molecule has 1 saturated carbocycles. The Kier molecular flexibility index (Phi) is 3.11. The highest BCUT2D eigenvalue weighted by atomic mass is 35.5. The first-order valence-corrected chi connectivity index (χ1v) is 6.98. The lowest BCUT2D eigenvalue weighted by molar-refractivity contribution is 0.372. The minimum atomic E-state index is 0.320. The molecule has 0 saturated heterocycles. The van der Waals surface area contributed by atoms with Gasteiger partial charge in [0.1, 0.15) is 10.8 Å². The molecule has 0 aliphatic heterocycles. The fourth-order valence-electron chi connectivity index (χ4n) is 2.34. The summed E-state index contributed by atoms with van der Waals surface area (Å²) in [6.45, 7) is 4.23. The second-order valence-corrected chi connectivity index (χ2v) is 5.93. The minimum Gasteiger partial charge on any atom is -0.367 e. The fraction of sp³-hybridized carbons (Fsp3) is 0.538. The summed E-state index contributed by atoms with van der Waals surface area (Å²) in [5.74, 6) is 1.29. The van der Waals surface area contributed by atoms with E-state index < -0.39 is 0 Å². The Balaban J connectivity index is 2.00. The van der Waals surface area contributed by atoms with Gasteiger partial charge in [-0.15, -0.1) is 0 Å². The van der Waals surface area contributed by atoms with Crippen molar-refractivity contribution in [3.63, 3.8) is 0 Å². The lowest BCUT2D eigenvalue weighted by Gasteiger charge is -2.33. The molecule has 5 nitrogen and oxygen atoms in total. The van der Waals surface area contributed by atoms with Gasteiger partial charge in [0.05, 0.1) is 6.20 Å². The molecule has 2 aromatic heterocycles. The first-order valence-electron chi connectivity index (χ1n) is 6.61. The van der Waals surface area contributed by atoms with Crippen LogP contribution in [-0.4, -0.2) is 26.7 Å². The summed E-state index contributed by atoms with van der Waals surface area (Å²) in [6.07, 6.45) is 3.62. The molecule has 0 bridgehead atoms. The van der Waals surface area contributed by atoms with E-state index in [4.69, 9.17) is 17.3 Å². The van der Waals surface area contributed by atoms with Crippen molar-refractivity contribution in [2.45, 2.75) is 44.7 Å². The topological polar surface area (TPSA) is 68.2 Å². The number of hydrogen-bond donors (Lipinski definition) is 2. The maximum atomic E-state index is 6.14. The van der Waals surface area contributed by atoms with Crippen LogP contribution in [0.15, 0.2) is 12.3 Å². The number of hydrogen-bond acceptors (Lipinski definition) is 4. The van der Waals surface area contributed by atoms with Crippen molar-refractivity contribution in [1.82, 2.24) is 14.6 Å². The first kappa shape index (κ1) is 12.7. The smallest absolute Gasteiger partial charge is 0.176 e. The Morgan fingerprint density at radius 1 is 1.47 bits per heavy atom. The van der Waals surface area contributed by atoms with Crippen molar-refractivity contribution in [2.75, 3.05) is 5.32 Å². The largest absolute Gasteiger partial charge is 0.367 e. The number of anilines is 1. The van der Waals surface area contributed by atoms with Crippen LogP contribution in [-0.2, 0) is 0 Å². The zero-order valence-corrected chi connectivity index (χ0v) is 11.9. The quantitative estimate of drug-likeness (QED) is 0.905. The number of nitrogens with zero attached hydrogens (tertiary/aromatic N) is 3. The molecular formula is C13H18ClN5. The van der Waals surface area contributed by atoms with Gasteiger partial charge < -0.3 is 11.1 Å². The second kappa shape index (κ2) is 4.65. The van der Waals surface area contributed by atoms with Crippen LogP contribution in [0.5, 0.6) is 0 Å². The maximum absolute atomic E-state index is 6.14. The van der Waals surface area contributed by atoms with E-state index in [0.717, 1.165) is 24.4 Å². The Bertz CT molecular complexity index is 600. The molecule has 0 aromatic carbocycles. The molecule has 1 fully saturated rings. The third-order valence-corrected chi connectivity index (χ3v) is 3.83. The zero-order chi connectivity index (χ0) is 13.6. The lowest BCUT2D eigenvalue weighted by Crippen LogP contribution is -2.44. The standard InChI is InChI=1S/C13H18ClN5/c1-7(2)11-5-12(17-9-3-8(15)4-9)19-13(18-11)10(14)6-16-19/h5-9,17H,3-4,15H2,1-2H3. The summed E-state index contributed by atoms with van der Waals surface area (Å²) in [5.41, 5.74) is 7.54. The third kappa shape index (κ3) is 2.28. The number of aromatic nitrogens is 3. The van der Waals surface area contributed by atoms with Gasteiger partial charge in [-0.3, -0.25) is 0 Å². The van der Waals surface area contributed by atoms with Gasteiger partial charge in [0.15, 0.2) is 5.65 Å². The fourth-order valence-corrected chi connectivity index (χ4v) is 2.51. The van der Waals surface area contributed by atoms with E-state index in [9.17, 15) is 0 Å². The molecule has 6 heteroatoms. The van der Waals surface area contributed by atoms with Crippen LogP contribution < -0.4 is 11.1 Å². The summed E-state index contributed by atoms with van der Waals surface area (Å²) in [5, 5.41) is 8.34. The van der Waals surface area contributed by atoms with Gasteiger partial charge in [-0.2, -0.15) is 9.61 Å². The first-order chi connectivity index (χ1) is 9.04. The van der Waals surface area contributed by atoms with E-state index in [1.807, 2.05) is 6.07 Å². The molecule has 3 N–H and O–H groups in total. The molecule has 1 aliphatic rings. The van der Waals surface area contributed by atoms with Crippen molar-refractivity contribution in [3.8, 4) is 0 Å². The number of halogens is 1. The van der Waals surface area contributed by atoms with Crippen LogP contribution in [0.1, 0.15) is 38.3 Å². The average Bonchev–Trinajstić information content (AvgIpc) is 2.69. The Morgan fingerprint density at radius 3 is 2.84 bits per heavy atom. The lowest BCUT2D eigenvalue weighted by atomic mass is 9.88. The molecule has 0 atom stereocenters. The van der Waals surface area contributed by atoms with E-state index >= 15 is 0 Å². The zero-order valence-electron chi connectivity index (χ0n) is 11.1. The summed E-state index contributed by atoms with van der Waals surface area (Å²) < 4.78 is 1.76. The van der Waals surface area contributed by atoms with Gasteiger partial charge in [0.2, 0.25) is 0 Å². The molecule has 102 valence electrons. The van der Waals surface area contributed by atoms with Crippen molar-refractivity contribution >= 4 is 23.1 Å². The number of nitrogens with two attached hydrogens (primary N) is 1. The van der Waals surface area contributed by atoms with E-state index in [-0.39, 0.29) is 0 Å². The van der Waals surface area contributed by atoms with Crippen molar-refractivity contribution in [3.05, 3.63) is 23.0 Å². The van der Waals surface area contributed by atoms with Crippen LogP contribution >= 0.6 is 11.6 Å². The van der Waals surface area contributed by atoms with E-state index in [1.54, 1.807) is 10.7 Å². The highest BCUT2D eigenvalue weighted by Gasteiger charge is 2.26. The van der Waals surface area contributed by atoms with Gasteiger partial charge in [-0.1, -0.05) is 25.4 Å². The average molecular weight is 280 g/mol. The predicted octanol–water partition coefficient (Wildman–Crippen LogP) is 2.41. The Hall–Kier alpha value is -1.33. The molecule has 0 amide bonds. The van der Waals surface area contributed by atoms with E-state index in [0.29, 0.717) is 28.7 Å². The van der Waals surface area contributed by atoms with E-state index in [1.165, 1.54) is 0 Å². The molecule has 0 unspecified atom stereocenters. The number of fused-ring (bicyclic) bond motifs is 1. The highest BCUT2D eigenvalue weighted by Crippen LogP contribution is 2.27. The SMILES string of the molecule is CC(C)c1cc(NC2CC(N)C2)n2ncc(Cl)c2n1. The summed E-state index contributed by atoms with van der Waals surface area (Å²) in [7, 11) is 0. The molecule has 19 heavy (non-hydrogen) atoms. The van der Waals surface area contributed by atoms with Gasteiger partial charge in [-0.05, 0) is 18.8 Å². The van der Waals surface area contributed by atoms with Crippen LogP contribution in [0, 0.1) is 0 Å². The predicted molar refractivity (Wildman–Crippen MR) is 76.7 cm³/mol. The molecule has 1 aliphatic carbocycles. The van der Waals surface area contributed by atoms with Crippen molar-refractivity contribution in [1.29, 1.82) is 0 Å². The van der Waals surface area contributed by atoms with Crippen LogP contribution in [0.3, 0.4) is 0 Å². The summed E-state index contributed by atoms with van der Waals surface area (Å²) in [6, 6.07) is 2.79. The third-order valence-electron chi connectivity index (χ3n) is 3.57. The molecule has 2 heterocycles. The molecular weight excluding hydrogens is 262 g/mol. The van der Waals surface area contributed by atoms with Crippen molar-refractivity contribution in [2.24, 2.45) is 5.73 Å². The maximum Gasteiger partial charge on any atom is 0.176 e. The Labute approximate surface area is 117 Å². The minimum absolute atomic E-state index is 0.320. The van der Waals surface area contributed by atoms with Crippen molar-refractivity contribution < 1.29 is 0 Å². The summed E-state index contributed by atoms with van der Waals surface area (Å²) >= 11 is 6.14. The van der Waals surface area contributed by atoms with Gasteiger partial charge in [0.25, 0.3) is 0 Å². The normalized spacial score (nSPS) is 22.8. The Morgan fingerprint density at radius 2 is 2.21 bits per heavy atom. The van der Waals surface area contributed by atoms with Gasteiger partial charge in [-0.25, -0.2) is 4.98 Å². The van der Waals surface area contributed by atoms with Gasteiger partial charge in [0, 0.05) is 23.8 Å². The molecule has 3 rings (SSSR count). The second-order valence-electron chi connectivity index (χ2n) is 5.52. The van der Waals surface area contributed by atoms with E-state index in [2.05, 4.69) is 29.2 Å². The molecule has 2 aromatic rings. The molecule has 0 radical (unpaired) electrons. The van der Waals surface area contributed by atoms with Gasteiger partial charge >= 0.3 is 0 Å². The summed E-state index contributed by atoms with van der Waals surface area (Å²) in [4.78, 5) is 4.56. The van der Waals surface area contributed by atoms with Crippen LogP contribution in [0.25, 0.3) is 5.65 Å². The number of nitrogens with one attached hydrogen (secondary N) is 1. The molecule has 0 spiro atoms. The van der Waals surface area contributed by atoms with Crippen LogP contribution in [0.2, 0.25) is 5.02 Å². The number of rotatable bonds is 3. The monoisotopic (exact) mass is 279 g/mol. The van der Waals surface area contributed by atoms with Crippen LogP contribution in [0.4, 0.5) is 5.82 Å². The highest BCUT2D eigenvalue weighted by molar-refractivity contribution is 6.33.